The van der Waals surface area contributed by atoms with Crippen molar-refractivity contribution in [3.63, 3.8) is 0 Å². The number of halogens is 2. The Morgan fingerprint density at radius 1 is 1.12 bits per heavy atom. The van der Waals surface area contributed by atoms with Gasteiger partial charge in [0.05, 0.1) is 23.7 Å². The van der Waals surface area contributed by atoms with E-state index >= 15 is 0 Å². The van der Waals surface area contributed by atoms with Gasteiger partial charge < -0.3 is 16.0 Å². The number of carbonyl (C=O) groups is 2. The molecule has 2 rings (SSSR count). The minimum Gasteiger partial charge on any atom is -0.399 e. The van der Waals surface area contributed by atoms with Crippen molar-refractivity contribution in [2.75, 3.05) is 24.1 Å². The van der Waals surface area contributed by atoms with E-state index in [4.69, 9.17) is 28.9 Å². The highest BCUT2D eigenvalue weighted by molar-refractivity contribution is 6.35. The minimum absolute atomic E-state index is 0.0511. The van der Waals surface area contributed by atoms with Crippen LogP contribution in [0.25, 0.3) is 0 Å². The van der Waals surface area contributed by atoms with E-state index in [1.54, 1.807) is 30.3 Å². The summed E-state index contributed by atoms with van der Waals surface area (Å²) >= 11 is 12.0. The maximum absolute atomic E-state index is 12.6. The van der Waals surface area contributed by atoms with Crippen molar-refractivity contribution in [1.29, 1.82) is 0 Å². The van der Waals surface area contributed by atoms with Crippen molar-refractivity contribution >= 4 is 46.4 Å². The molecule has 0 aliphatic carbocycles. The maximum Gasteiger partial charge on any atom is 0.244 e. The molecule has 0 fully saturated rings. The van der Waals surface area contributed by atoms with E-state index in [0.29, 0.717) is 28.0 Å². The summed E-state index contributed by atoms with van der Waals surface area (Å²) in [4.78, 5) is 26.4. The SMILES string of the molecule is CCCN(CC(=O)Nc1cc(Cl)ccc1Cl)C(=O)Cc1ccc(N)cc1. The van der Waals surface area contributed by atoms with Crippen molar-refractivity contribution in [3.05, 3.63) is 58.1 Å². The number of hydrogen-bond donors (Lipinski definition) is 2. The van der Waals surface area contributed by atoms with Gasteiger partial charge in [0.2, 0.25) is 11.8 Å². The second-order valence-corrected chi connectivity index (χ2v) is 6.75. The molecule has 2 aromatic carbocycles. The molecule has 0 saturated heterocycles. The van der Waals surface area contributed by atoms with E-state index in [9.17, 15) is 9.59 Å². The first-order chi connectivity index (χ1) is 12.4. The van der Waals surface area contributed by atoms with E-state index in [0.717, 1.165) is 12.0 Å². The van der Waals surface area contributed by atoms with E-state index < -0.39 is 0 Å². The normalized spacial score (nSPS) is 10.4. The smallest absolute Gasteiger partial charge is 0.244 e. The van der Waals surface area contributed by atoms with Crippen molar-refractivity contribution in [2.45, 2.75) is 19.8 Å². The molecule has 0 spiro atoms. The predicted octanol–water partition coefficient (Wildman–Crippen LogP) is 4.00. The van der Waals surface area contributed by atoms with Gasteiger partial charge in [-0.2, -0.15) is 0 Å². The first kappa shape index (κ1) is 20.1. The molecule has 5 nitrogen and oxygen atoms in total. The highest BCUT2D eigenvalue weighted by Gasteiger charge is 2.17. The molecule has 138 valence electrons. The minimum atomic E-state index is -0.326. The number of nitrogens with zero attached hydrogens (tertiary/aromatic N) is 1. The number of benzene rings is 2. The van der Waals surface area contributed by atoms with Gasteiger partial charge in [0.15, 0.2) is 0 Å². The lowest BCUT2D eigenvalue weighted by atomic mass is 10.1. The Hall–Kier alpha value is -2.24. The van der Waals surface area contributed by atoms with Crippen LogP contribution < -0.4 is 11.1 Å². The number of nitrogens with one attached hydrogen (secondary N) is 1. The second kappa shape index (κ2) is 9.46. The molecule has 0 aliphatic rings. The molecular weight excluding hydrogens is 373 g/mol. The van der Waals surface area contributed by atoms with E-state index in [-0.39, 0.29) is 24.8 Å². The molecular formula is C19H21Cl2N3O2. The van der Waals surface area contributed by atoms with Crippen LogP contribution in [0.2, 0.25) is 10.0 Å². The van der Waals surface area contributed by atoms with Gasteiger partial charge in [-0.15, -0.1) is 0 Å². The second-order valence-electron chi connectivity index (χ2n) is 5.91. The largest absolute Gasteiger partial charge is 0.399 e. The molecule has 7 heteroatoms. The van der Waals surface area contributed by atoms with Crippen molar-refractivity contribution in [1.82, 2.24) is 4.90 Å². The Balaban J connectivity index is 2.01. The molecule has 0 saturated carbocycles. The van der Waals surface area contributed by atoms with Crippen LogP contribution in [-0.2, 0) is 16.0 Å². The number of anilines is 2. The average Bonchev–Trinajstić information content (AvgIpc) is 2.59. The molecule has 0 heterocycles. The van der Waals surface area contributed by atoms with Crippen LogP contribution in [0.4, 0.5) is 11.4 Å². The van der Waals surface area contributed by atoms with Gasteiger partial charge in [0.1, 0.15) is 0 Å². The van der Waals surface area contributed by atoms with Gasteiger partial charge in [0, 0.05) is 17.3 Å². The third kappa shape index (κ3) is 5.93. The Morgan fingerprint density at radius 2 is 1.81 bits per heavy atom. The summed E-state index contributed by atoms with van der Waals surface area (Å²) in [6.07, 6.45) is 0.962. The Bertz CT molecular complexity index is 779. The summed E-state index contributed by atoms with van der Waals surface area (Å²) in [6, 6.07) is 11.9. The average molecular weight is 394 g/mol. The van der Waals surface area contributed by atoms with Crippen molar-refractivity contribution < 1.29 is 9.59 Å². The van der Waals surface area contributed by atoms with Crippen LogP contribution in [0.15, 0.2) is 42.5 Å². The van der Waals surface area contributed by atoms with Crippen LogP contribution in [0.5, 0.6) is 0 Å². The van der Waals surface area contributed by atoms with Crippen LogP contribution in [0, 0.1) is 0 Å². The summed E-state index contributed by atoms with van der Waals surface area (Å²) in [5.74, 6) is -0.447. The van der Waals surface area contributed by atoms with E-state index in [2.05, 4.69) is 5.32 Å². The first-order valence-electron chi connectivity index (χ1n) is 8.26. The first-order valence-corrected chi connectivity index (χ1v) is 9.01. The highest BCUT2D eigenvalue weighted by Crippen LogP contribution is 2.25. The van der Waals surface area contributed by atoms with E-state index in [1.165, 1.54) is 4.90 Å². The lowest BCUT2D eigenvalue weighted by molar-refractivity contribution is -0.134. The summed E-state index contributed by atoms with van der Waals surface area (Å²) in [6.45, 7) is 2.39. The molecule has 3 N–H and O–H groups in total. The number of rotatable bonds is 7. The zero-order chi connectivity index (χ0) is 19.1. The van der Waals surface area contributed by atoms with Gasteiger partial charge in [-0.05, 0) is 42.3 Å². The molecule has 0 aromatic heterocycles. The van der Waals surface area contributed by atoms with Gasteiger partial charge in [-0.25, -0.2) is 0 Å². The van der Waals surface area contributed by atoms with Gasteiger partial charge in [-0.3, -0.25) is 9.59 Å². The monoisotopic (exact) mass is 393 g/mol. The summed E-state index contributed by atoms with van der Waals surface area (Å²) < 4.78 is 0. The predicted molar refractivity (Wildman–Crippen MR) is 107 cm³/mol. The standard InChI is InChI=1S/C19H21Cl2N3O2/c1-2-9-24(19(26)10-13-3-6-15(22)7-4-13)12-18(25)23-17-11-14(20)5-8-16(17)21/h3-8,11H,2,9-10,12,22H2,1H3,(H,23,25). The molecule has 0 atom stereocenters. The maximum atomic E-state index is 12.6. The number of hydrogen-bond acceptors (Lipinski definition) is 3. The van der Waals surface area contributed by atoms with Gasteiger partial charge >= 0.3 is 0 Å². The van der Waals surface area contributed by atoms with Crippen LogP contribution in [0.3, 0.4) is 0 Å². The van der Waals surface area contributed by atoms with Gasteiger partial charge in [0.25, 0.3) is 0 Å². The number of amides is 2. The van der Waals surface area contributed by atoms with Crippen LogP contribution in [0.1, 0.15) is 18.9 Å². The third-order valence-electron chi connectivity index (χ3n) is 3.72. The van der Waals surface area contributed by atoms with Crippen LogP contribution in [-0.4, -0.2) is 29.8 Å². The third-order valence-corrected chi connectivity index (χ3v) is 4.28. The quantitative estimate of drug-likeness (QED) is 0.698. The van der Waals surface area contributed by atoms with Crippen molar-refractivity contribution in [3.8, 4) is 0 Å². The zero-order valence-electron chi connectivity index (χ0n) is 14.5. The zero-order valence-corrected chi connectivity index (χ0v) is 16.0. The molecule has 0 bridgehead atoms. The van der Waals surface area contributed by atoms with Gasteiger partial charge in [-0.1, -0.05) is 42.3 Å². The lowest BCUT2D eigenvalue weighted by Crippen LogP contribution is -2.39. The molecule has 2 aromatic rings. The summed E-state index contributed by atoms with van der Waals surface area (Å²) in [5, 5.41) is 3.55. The van der Waals surface area contributed by atoms with Crippen molar-refractivity contribution in [2.24, 2.45) is 0 Å². The fraction of sp³-hybridized carbons (Fsp3) is 0.263. The molecule has 0 unspecified atom stereocenters. The van der Waals surface area contributed by atoms with E-state index in [1.807, 2.05) is 19.1 Å². The highest BCUT2D eigenvalue weighted by atomic mass is 35.5. The molecule has 26 heavy (non-hydrogen) atoms. The number of nitrogen functional groups attached to an aromatic ring is 1. The summed E-state index contributed by atoms with van der Waals surface area (Å²) in [7, 11) is 0. The van der Waals surface area contributed by atoms with Crippen LogP contribution >= 0.6 is 23.2 Å². The molecule has 0 radical (unpaired) electrons. The number of carbonyl (C=O) groups excluding carboxylic acids is 2. The Kier molecular flexibility index (Phi) is 7.30. The molecule has 0 aliphatic heterocycles. The fourth-order valence-corrected chi connectivity index (χ4v) is 2.78. The Labute approximate surface area is 163 Å². The fourth-order valence-electron chi connectivity index (χ4n) is 2.44. The topological polar surface area (TPSA) is 75.4 Å². The summed E-state index contributed by atoms with van der Waals surface area (Å²) in [5.41, 5.74) is 7.57. The Morgan fingerprint density at radius 3 is 2.46 bits per heavy atom. The number of nitrogens with two attached hydrogens (primary N) is 1. The molecule has 2 amide bonds. The lowest BCUT2D eigenvalue weighted by Gasteiger charge is -2.22.